The minimum Gasteiger partial charge on any atom is -0.328 e. The normalized spacial score (nSPS) is 9.94. The zero-order chi connectivity index (χ0) is 12.3. The van der Waals surface area contributed by atoms with Crippen molar-refractivity contribution in [2.24, 2.45) is 0 Å². The van der Waals surface area contributed by atoms with Crippen molar-refractivity contribution in [2.75, 3.05) is 5.32 Å². The molecule has 0 spiro atoms. The van der Waals surface area contributed by atoms with E-state index in [2.05, 4.69) is 10.3 Å². The summed E-state index contributed by atoms with van der Waals surface area (Å²) < 4.78 is 0. The lowest BCUT2D eigenvalue weighted by molar-refractivity contribution is -0.114. The molecule has 2 aromatic rings. The molecule has 0 saturated carbocycles. The molecule has 0 radical (unpaired) electrons. The van der Waals surface area contributed by atoms with Gasteiger partial charge in [0.2, 0.25) is 11.5 Å². The SMILES string of the molecule is CC(=O)Nc1cccc(-c2ccc(=O)[nH]c2)c1. The van der Waals surface area contributed by atoms with Gasteiger partial charge >= 0.3 is 0 Å². The molecule has 0 saturated heterocycles. The lowest BCUT2D eigenvalue weighted by atomic mass is 10.1. The number of rotatable bonds is 2. The van der Waals surface area contributed by atoms with Crippen LogP contribution in [0.15, 0.2) is 47.4 Å². The van der Waals surface area contributed by atoms with Gasteiger partial charge in [-0.25, -0.2) is 0 Å². The number of benzene rings is 1. The summed E-state index contributed by atoms with van der Waals surface area (Å²) in [4.78, 5) is 24.5. The van der Waals surface area contributed by atoms with Gasteiger partial charge in [-0.05, 0) is 29.3 Å². The maximum atomic E-state index is 11.0. The summed E-state index contributed by atoms with van der Waals surface area (Å²) in [5.41, 5.74) is 2.44. The van der Waals surface area contributed by atoms with Crippen LogP contribution in [0.1, 0.15) is 6.92 Å². The molecule has 2 rings (SSSR count). The molecule has 4 heteroatoms. The fourth-order valence-electron chi connectivity index (χ4n) is 1.57. The second-order valence-electron chi connectivity index (χ2n) is 3.70. The van der Waals surface area contributed by atoms with Gasteiger partial charge in [0.25, 0.3) is 0 Å². The molecule has 1 amide bonds. The van der Waals surface area contributed by atoms with Gasteiger partial charge in [0.05, 0.1) is 0 Å². The molecule has 86 valence electrons. The van der Waals surface area contributed by atoms with Crippen molar-refractivity contribution < 1.29 is 4.79 Å². The van der Waals surface area contributed by atoms with Crippen LogP contribution in [0.5, 0.6) is 0 Å². The first-order valence-electron chi connectivity index (χ1n) is 5.22. The lowest BCUT2D eigenvalue weighted by Gasteiger charge is -2.05. The average Bonchev–Trinajstić information content (AvgIpc) is 2.29. The first-order chi connectivity index (χ1) is 8.15. The number of carbonyl (C=O) groups is 1. The van der Waals surface area contributed by atoms with Gasteiger partial charge in [-0.1, -0.05) is 12.1 Å². The zero-order valence-electron chi connectivity index (χ0n) is 9.36. The molecule has 0 aliphatic rings. The smallest absolute Gasteiger partial charge is 0.247 e. The topological polar surface area (TPSA) is 62.0 Å². The van der Waals surface area contributed by atoms with Crippen molar-refractivity contribution in [3.63, 3.8) is 0 Å². The van der Waals surface area contributed by atoms with Gasteiger partial charge in [-0.2, -0.15) is 0 Å². The maximum absolute atomic E-state index is 11.0. The van der Waals surface area contributed by atoms with Crippen LogP contribution in [0.2, 0.25) is 0 Å². The van der Waals surface area contributed by atoms with Crippen LogP contribution >= 0.6 is 0 Å². The largest absolute Gasteiger partial charge is 0.328 e. The molecule has 0 bridgehead atoms. The Labute approximate surface area is 98.3 Å². The second kappa shape index (κ2) is 4.65. The molecular formula is C13H12N2O2. The summed E-state index contributed by atoms with van der Waals surface area (Å²) in [5.74, 6) is -0.108. The predicted molar refractivity (Wildman–Crippen MR) is 66.8 cm³/mol. The molecular weight excluding hydrogens is 216 g/mol. The number of nitrogens with one attached hydrogen (secondary N) is 2. The third-order valence-electron chi connectivity index (χ3n) is 2.30. The fourth-order valence-corrected chi connectivity index (χ4v) is 1.57. The van der Waals surface area contributed by atoms with Crippen molar-refractivity contribution in [2.45, 2.75) is 6.92 Å². The first kappa shape index (κ1) is 11.1. The molecule has 17 heavy (non-hydrogen) atoms. The van der Waals surface area contributed by atoms with E-state index in [0.717, 1.165) is 16.8 Å². The van der Waals surface area contributed by atoms with E-state index in [-0.39, 0.29) is 11.5 Å². The molecule has 2 N–H and O–H groups in total. The van der Waals surface area contributed by atoms with Crippen molar-refractivity contribution in [3.05, 3.63) is 52.9 Å². The van der Waals surface area contributed by atoms with Crippen molar-refractivity contribution in [3.8, 4) is 11.1 Å². The number of aromatic nitrogens is 1. The van der Waals surface area contributed by atoms with E-state index >= 15 is 0 Å². The fraction of sp³-hybridized carbons (Fsp3) is 0.0769. The highest BCUT2D eigenvalue weighted by Gasteiger charge is 2.00. The summed E-state index contributed by atoms with van der Waals surface area (Å²) in [6.07, 6.45) is 1.65. The number of amides is 1. The predicted octanol–water partition coefficient (Wildman–Crippen LogP) is 2.00. The Hall–Kier alpha value is -2.36. The number of hydrogen-bond donors (Lipinski definition) is 2. The molecule has 1 aromatic heterocycles. The summed E-state index contributed by atoms with van der Waals surface area (Å²) in [6.45, 7) is 1.46. The van der Waals surface area contributed by atoms with Gasteiger partial charge in [0, 0.05) is 24.9 Å². The Kier molecular flexibility index (Phi) is 3.05. The molecule has 4 nitrogen and oxygen atoms in total. The second-order valence-corrected chi connectivity index (χ2v) is 3.70. The number of aromatic amines is 1. The highest BCUT2D eigenvalue weighted by Crippen LogP contribution is 2.20. The average molecular weight is 228 g/mol. The first-order valence-corrected chi connectivity index (χ1v) is 5.22. The van der Waals surface area contributed by atoms with Crippen LogP contribution in [0.4, 0.5) is 5.69 Å². The Morgan fingerprint density at radius 1 is 1.18 bits per heavy atom. The third kappa shape index (κ3) is 2.81. The van der Waals surface area contributed by atoms with E-state index in [1.54, 1.807) is 12.3 Å². The van der Waals surface area contributed by atoms with E-state index in [9.17, 15) is 9.59 Å². The van der Waals surface area contributed by atoms with Crippen molar-refractivity contribution in [1.82, 2.24) is 4.98 Å². The monoisotopic (exact) mass is 228 g/mol. The molecule has 0 aliphatic carbocycles. The van der Waals surface area contributed by atoms with Crippen molar-refractivity contribution in [1.29, 1.82) is 0 Å². The van der Waals surface area contributed by atoms with E-state index < -0.39 is 0 Å². The van der Waals surface area contributed by atoms with Gasteiger partial charge in [0.1, 0.15) is 0 Å². The number of carbonyl (C=O) groups excluding carboxylic acids is 1. The highest BCUT2D eigenvalue weighted by atomic mass is 16.1. The Morgan fingerprint density at radius 2 is 2.00 bits per heavy atom. The Bertz CT molecular complexity index is 582. The minimum atomic E-state index is -0.133. The van der Waals surface area contributed by atoms with E-state index in [0.29, 0.717) is 0 Å². The summed E-state index contributed by atoms with van der Waals surface area (Å²) >= 11 is 0. The molecule has 1 aromatic carbocycles. The highest BCUT2D eigenvalue weighted by molar-refractivity contribution is 5.89. The number of anilines is 1. The molecule has 0 atom stereocenters. The van der Waals surface area contributed by atoms with Gasteiger partial charge in [-0.15, -0.1) is 0 Å². The van der Waals surface area contributed by atoms with Gasteiger partial charge in [-0.3, -0.25) is 9.59 Å². The lowest BCUT2D eigenvalue weighted by Crippen LogP contribution is -2.05. The van der Waals surface area contributed by atoms with Crippen LogP contribution in [0, 0.1) is 0 Å². The van der Waals surface area contributed by atoms with E-state index in [4.69, 9.17) is 0 Å². The number of pyridine rings is 1. The summed E-state index contributed by atoms with van der Waals surface area (Å²) in [6, 6.07) is 10.7. The Morgan fingerprint density at radius 3 is 2.65 bits per heavy atom. The van der Waals surface area contributed by atoms with Crippen LogP contribution in [0.25, 0.3) is 11.1 Å². The number of H-pyrrole nitrogens is 1. The van der Waals surface area contributed by atoms with Crippen LogP contribution in [0.3, 0.4) is 0 Å². The van der Waals surface area contributed by atoms with E-state index in [1.807, 2.05) is 24.3 Å². The third-order valence-corrected chi connectivity index (χ3v) is 2.30. The van der Waals surface area contributed by atoms with Gasteiger partial charge < -0.3 is 10.3 Å². The maximum Gasteiger partial charge on any atom is 0.247 e. The molecule has 0 aliphatic heterocycles. The Balaban J connectivity index is 2.35. The van der Waals surface area contributed by atoms with Crippen LogP contribution in [-0.2, 0) is 4.79 Å². The molecule has 1 heterocycles. The minimum absolute atomic E-state index is 0.108. The summed E-state index contributed by atoms with van der Waals surface area (Å²) in [7, 11) is 0. The van der Waals surface area contributed by atoms with E-state index in [1.165, 1.54) is 13.0 Å². The quantitative estimate of drug-likeness (QED) is 0.825. The zero-order valence-corrected chi connectivity index (χ0v) is 9.36. The molecule has 0 fully saturated rings. The standard InChI is InChI=1S/C13H12N2O2/c1-9(16)15-12-4-2-3-10(7-12)11-5-6-13(17)14-8-11/h2-8H,1H3,(H,14,17)(H,15,16). The van der Waals surface area contributed by atoms with Gasteiger partial charge in [0.15, 0.2) is 0 Å². The van der Waals surface area contributed by atoms with Crippen LogP contribution < -0.4 is 10.9 Å². The molecule has 0 unspecified atom stereocenters. The number of hydrogen-bond acceptors (Lipinski definition) is 2. The van der Waals surface area contributed by atoms with Crippen LogP contribution in [-0.4, -0.2) is 10.9 Å². The van der Waals surface area contributed by atoms with Crippen molar-refractivity contribution >= 4 is 11.6 Å². The summed E-state index contributed by atoms with van der Waals surface area (Å²) in [5, 5.41) is 2.72.